The first-order valence-electron chi connectivity index (χ1n) is 5.89. The Labute approximate surface area is 104 Å². The lowest BCUT2D eigenvalue weighted by Crippen LogP contribution is -2.24. The normalized spacial score (nSPS) is 13.7. The van der Waals surface area contributed by atoms with E-state index < -0.39 is 24.5 Å². The van der Waals surface area contributed by atoms with Crippen molar-refractivity contribution in [2.45, 2.75) is 38.9 Å². The van der Waals surface area contributed by atoms with Crippen molar-refractivity contribution in [3.05, 3.63) is 35.1 Å². The highest BCUT2D eigenvalue weighted by molar-refractivity contribution is 5.26. The van der Waals surface area contributed by atoms with Gasteiger partial charge in [-0.25, -0.2) is 4.39 Å². The van der Waals surface area contributed by atoms with Gasteiger partial charge in [0.25, 0.3) is 0 Å². The van der Waals surface area contributed by atoms with E-state index in [1.54, 1.807) is 26.0 Å². The summed E-state index contributed by atoms with van der Waals surface area (Å²) in [5, 5.41) is 2.89. The standard InChI is InChI=1S/C13H17F4N/c1-3-18-12(6-7-13(15,16)17)10-5-4-9(2)8-11(10)14/h4-5,8,12,18H,3,6-7H2,1-2H3. The maximum absolute atomic E-state index is 13.7. The van der Waals surface area contributed by atoms with Crippen LogP contribution in [0, 0.1) is 12.7 Å². The van der Waals surface area contributed by atoms with Crippen molar-refractivity contribution in [3.8, 4) is 0 Å². The number of alkyl halides is 3. The molecule has 1 nitrogen and oxygen atoms in total. The quantitative estimate of drug-likeness (QED) is 0.788. The average Bonchev–Trinajstić information content (AvgIpc) is 2.24. The minimum atomic E-state index is -4.21. The topological polar surface area (TPSA) is 12.0 Å². The van der Waals surface area contributed by atoms with Gasteiger partial charge in [-0.3, -0.25) is 0 Å². The van der Waals surface area contributed by atoms with Crippen molar-refractivity contribution < 1.29 is 17.6 Å². The highest BCUT2D eigenvalue weighted by atomic mass is 19.4. The summed E-state index contributed by atoms with van der Waals surface area (Å²) in [7, 11) is 0. The molecule has 0 fully saturated rings. The molecule has 1 N–H and O–H groups in total. The summed E-state index contributed by atoms with van der Waals surface area (Å²) in [6.07, 6.45) is -5.29. The Balaban J connectivity index is 2.83. The molecule has 1 rings (SSSR count). The Morgan fingerprint density at radius 2 is 1.94 bits per heavy atom. The zero-order valence-electron chi connectivity index (χ0n) is 10.4. The van der Waals surface area contributed by atoms with Crippen molar-refractivity contribution in [1.29, 1.82) is 0 Å². The van der Waals surface area contributed by atoms with Gasteiger partial charge in [0.15, 0.2) is 0 Å². The lowest BCUT2D eigenvalue weighted by Gasteiger charge is -2.20. The summed E-state index contributed by atoms with van der Waals surface area (Å²) in [5.74, 6) is -0.455. The second-order valence-corrected chi connectivity index (χ2v) is 4.29. The van der Waals surface area contributed by atoms with E-state index in [4.69, 9.17) is 0 Å². The molecular weight excluding hydrogens is 246 g/mol. The highest BCUT2D eigenvalue weighted by Crippen LogP contribution is 2.28. The lowest BCUT2D eigenvalue weighted by molar-refractivity contribution is -0.136. The van der Waals surface area contributed by atoms with Crippen molar-refractivity contribution in [2.24, 2.45) is 0 Å². The summed E-state index contributed by atoms with van der Waals surface area (Å²) < 4.78 is 50.4. The molecule has 0 aliphatic carbocycles. The maximum Gasteiger partial charge on any atom is 0.389 e. The van der Waals surface area contributed by atoms with E-state index in [9.17, 15) is 17.6 Å². The SMILES string of the molecule is CCNC(CCC(F)(F)F)c1ccc(C)cc1F. The van der Waals surface area contributed by atoms with Gasteiger partial charge in [0, 0.05) is 18.0 Å². The van der Waals surface area contributed by atoms with Gasteiger partial charge in [0.1, 0.15) is 5.82 Å². The molecule has 0 aromatic heterocycles. The molecule has 1 aromatic carbocycles. The Morgan fingerprint density at radius 1 is 1.28 bits per heavy atom. The summed E-state index contributed by atoms with van der Waals surface area (Å²) in [6, 6.07) is 4.00. The second kappa shape index (κ2) is 6.18. The van der Waals surface area contributed by atoms with Gasteiger partial charge in [0.05, 0.1) is 0 Å². The first-order chi connectivity index (χ1) is 8.33. The fourth-order valence-corrected chi connectivity index (χ4v) is 1.84. The second-order valence-electron chi connectivity index (χ2n) is 4.29. The number of hydrogen-bond donors (Lipinski definition) is 1. The van der Waals surface area contributed by atoms with Gasteiger partial charge in [-0.05, 0) is 31.5 Å². The highest BCUT2D eigenvalue weighted by Gasteiger charge is 2.29. The number of benzene rings is 1. The zero-order chi connectivity index (χ0) is 13.8. The molecule has 0 aliphatic heterocycles. The number of nitrogens with one attached hydrogen (secondary N) is 1. The van der Waals surface area contributed by atoms with Crippen LogP contribution in [0.4, 0.5) is 17.6 Å². The van der Waals surface area contributed by atoms with Gasteiger partial charge in [0.2, 0.25) is 0 Å². The first-order valence-corrected chi connectivity index (χ1v) is 5.89. The lowest BCUT2D eigenvalue weighted by atomic mass is 10.00. The summed E-state index contributed by atoms with van der Waals surface area (Å²) >= 11 is 0. The molecule has 5 heteroatoms. The van der Waals surface area contributed by atoms with Crippen molar-refractivity contribution in [3.63, 3.8) is 0 Å². The monoisotopic (exact) mass is 263 g/mol. The fourth-order valence-electron chi connectivity index (χ4n) is 1.84. The van der Waals surface area contributed by atoms with Gasteiger partial charge in [-0.2, -0.15) is 13.2 Å². The van der Waals surface area contributed by atoms with Crippen LogP contribution in [0.2, 0.25) is 0 Å². The van der Waals surface area contributed by atoms with Crippen LogP contribution in [0.1, 0.15) is 36.9 Å². The Kier molecular flexibility index (Phi) is 5.14. The molecule has 0 radical (unpaired) electrons. The number of aryl methyl sites for hydroxylation is 1. The molecule has 0 aliphatic rings. The zero-order valence-corrected chi connectivity index (χ0v) is 10.4. The van der Waals surface area contributed by atoms with Crippen molar-refractivity contribution in [1.82, 2.24) is 5.32 Å². The van der Waals surface area contributed by atoms with Crippen molar-refractivity contribution in [2.75, 3.05) is 6.54 Å². The van der Waals surface area contributed by atoms with Crippen LogP contribution in [0.15, 0.2) is 18.2 Å². The largest absolute Gasteiger partial charge is 0.389 e. The Morgan fingerprint density at radius 3 is 2.44 bits per heavy atom. The molecule has 0 heterocycles. The van der Waals surface area contributed by atoms with Gasteiger partial charge in [-0.1, -0.05) is 19.1 Å². The van der Waals surface area contributed by atoms with E-state index in [2.05, 4.69) is 5.32 Å². The molecule has 0 bridgehead atoms. The van der Waals surface area contributed by atoms with Gasteiger partial charge < -0.3 is 5.32 Å². The molecule has 1 aromatic rings. The summed E-state index contributed by atoms with van der Waals surface area (Å²) in [5.41, 5.74) is 1.05. The van der Waals surface area contributed by atoms with Crippen LogP contribution < -0.4 is 5.32 Å². The molecule has 1 unspecified atom stereocenters. The van der Waals surface area contributed by atoms with Gasteiger partial charge >= 0.3 is 6.18 Å². The third-order valence-corrected chi connectivity index (χ3v) is 2.70. The first kappa shape index (κ1) is 15.0. The van der Waals surface area contributed by atoms with Crippen LogP contribution in [0.5, 0.6) is 0 Å². The van der Waals surface area contributed by atoms with E-state index in [0.29, 0.717) is 12.1 Å². The Hall–Kier alpha value is -1.10. The number of rotatable bonds is 5. The summed E-state index contributed by atoms with van der Waals surface area (Å²) in [6.45, 7) is 4.02. The molecular formula is C13H17F4N. The smallest absolute Gasteiger partial charge is 0.310 e. The van der Waals surface area contributed by atoms with E-state index in [-0.39, 0.29) is 6.42 Å². The minimum Gasteiger partial charge on any atom is -0.310 e. The van der Waals surface area contributed by atoms with Gasteiger partial charge in [-0.15, -0.1) is 0 Å². The predicted octanol–water partition coefficient (Wildman–Crippen LogP) is 4.13. The maximum atomic E-state index is 13.7. The van der Waals surface area contributed by atoms with Crippen LogP contribution in [0.25, 0.3) is 0 Å². The van der Waals surface area contributed by atoms with Crippen LogP contribution in [0.3, 0.4) is 0 Å². The van der Waals surface area contributed by atoms with Crippen LogP contribution >= 0.6 is 0 Å². The van der Waals surface area contributed by atoms with Crippen LogP contribution in [-0.2, 0) is 0 Å². The average molecular weight is 263 g/mol. The Bertz CT molecular complexity index is 387. The number of halogens is 4. The van der Waals surface area contributed by atoms with E-state index in [1.807, 2.05) is 0 Å². The molecule has 0 saturated heterocycles. The third kappa shape index (κ3) is 4.64. The minimum absolute atomic E-state index is 0.155. The number of hydrogen-bond acceptors (Lipinski definition) is 1. The molecule has 102 valence electrons. The fraction of sp³-hybridized carbons (Fsp3) is 0.538. The van der Waals surface area contributed by atoms with Crippen LogP contribution in [-0.4, -0.2) is 12.7 Å². The van der Waals surface area contributed by atoms with E-state index >= 15 is 0 Å². The van der Waals surface area contributed by atoms with Crippen molar-refractivity contribution >= 4 is 0 Å². The molecule has 0 saturated carbocycles. The third-order valence-electron chi connectivity index (χ3n) is 2.70. The molecule has 1 atom stereocenters. The van der Waals surface area contributed by atoms with E-state index in [0.717, 1.165) is 5.56 Å². The predicted molar refractivity (Wildman–Crippen MR) is 62.8 cm³/mol. The molecule has 0 amide bonds. The molecule has 18 heavy (non-hydrogen) atoms. The molecule has 0 spiro atoms. The van der Waals surface area contributed by atoms with E-state index in [1.165, 1.54) is 6.07 Å². The summed E-state index contributed by atoms with van der Waals surface area (Å²) in [4.78, 5) is 0.